The van der Waals surface area contributed by atoms with Gasteiger partial charge in [0.2, 0.25) is 0 Å². The average molecular weight is 388 g/mol. The van der Waals surface area contributed by atoms with Crippen LogP contribution in [-0.4, -0.2) is 0 Å². The van der Waals surface area contributed by atoms with Crippen LogP contribution in [0.15, 0.2) is 97.1 Å². The summed E-state index contributed by atoms with van der Waals surface area (Å²) in [6.45, 7) is 0. The van der Waals surface area contributed by atoms with E-state index in [-0.39, 0.29) is 0 Å². The summed E-state index contributed by atoms with van der Waals surface area (Å²) in [6, 6.07) is 31.6. The fourth-order valence-corrected chi connectivity index (χ4v) is 3.25. The first-order valence-electron chi connectivity index (χ1n) is 9.30. The Morgan fingerprint density at radius 1 is 0.367 bits per heavy atom. The first-order chi connectivity index (χ1) is 14.8. The highest BCUT2D eigenvalue weighted by Crippen LogP contribution is 2.29. The molecule has 0 aromatic heterocycles. The van der Waals surface area contributed by atoms with E-state index in [4.69, 9.17) is 20.0 Å². The maximum absolute atomic E-state index is 8.57. The van der Waals surface area contributed by atoms with Crippen molar-refractivity contribution in [2.24, 2.45) is 0 Å². The van der Waals surface area contributed by atoms with E-state index >= 15 is 0 Å². The van der Waals surface area contributed by atoms with Gasteiger partial charge in [0.05, 0.1) is 0 Å². The number of rotatable bonds is 5. The molecule has 0 heterocycles. The molecule has 4 aromatic rings. The Morgan fingerprint density at radius 2 is 0.567 bits per heavy atom. The molecule has 0 aliphatic heterocycles. The van der Waals surface area contributed by atoms with Gasteiger partial charge in [0.1, 0.15) is 11.5 Å². The van der Waals surface area contributed by atoms with Crippen LogP contribution in [-0.2, 0) is 0 Å². The smallest absolute Gasteiger partial charge is 0.292 e. The van der Waals surface area contributed by atoms with E-state index in [0.717, 1.165) is 33.4 Å². The molecule has 142 valence electrons. The predicted octanol–water partition coefficient (Wildman–Crippen LogP) is 6.41. The van der Waals surface area contributed by atoms with Crippen LogP contribution >= 0.6 is 0 Å². The quantitative estimate of drug-likeness (QED) is 0.371. The summed E-state index contributed by atoms with van der Waals surface area (Å²) >= 11 is 0. The molecule has 0 fully saturated rings. The van der Waals surface area contributed by atoms with Crippen LogP contribution in [0.4, 0.5) is 0 Å². The predicted molar refractivity (Wildman–Crippen MR) is 115 cm³/mol. The number of benzene rings is 4. The summed E-state index contributed by atoms with van der Waals surface area (Å²) in [5.41, 5.74) is 6.58. The van der Waals surface area contributed by atoms with Crippen LogP contribution < -0.4 is 9.47 Å². The molecule has 0 aliphatic rings. The number of hydrogen-bond donors (Lipinski definition) is 0. The van der Waals surface area contributed by atoms with Gasteiger partial charge in [-0.25, -0.2) is 0 Å². The highest BCUT2D eigenvalue weighted by atomic mass is 16.5. The highest BCUT2D eigenvalue weighted by Gasteiger charge is 2.03. The normalized spacial score (nSPS) is 9.93. The number of hydrogen-bond acceptors (Lipinski definition) is 4. The molecule has 4 aromatic carbocycles. The molecule has 0 atom stereocenters. The lowest BCUT2D eigenvalue weighted by atomic mass is 9.98. The van der Waals surface area contributed by atoms with Gasteiger partial charge in [-0.3, -0.25) is 0 Å². The van der Waals surface area contributed by atoms with Crippen molar-refractivity contribution in [1.82, 2.24) is 0 Å². The van der Waals surface area contributed by atoms with Crippen molar-refractivity contribution in [2.75, 3.05) is 0 Å². The summed E-state index contributed by atoms with van der Waals surface area (Å²) in [6.07, 6.45) is 3.35. The molecule has 0 aliphatic carbocycles. The fraction of sp³-hybridized carbons (Fsp3) is 0. The van der Waals surface area contributed by atoms with Crippen molar-refractivity contribution in [3.63, 3.8) is 0 Å². The maximum Gasteiger partial charge on any atom is 0.292 e. The van der Waals surface area contributed by atoms with Crippen molar-refractivity contribution in [1.29, 1.82) is 10.5 Å². The Kier molecular flexibility index (Phi) is 5.42. The van der Waals surface area contributed by atoms with E-state index in [1.807, 2.05) is 24.3 Å². The van der Waals surface area contributed by atoms with E-state index in [9.17, 15) is 0 Å². The molecular formula is C26H16N2O2. The maximum atomic E-state index is 8.57. The Labute approximate surface area is 174 Å². The van der Waals surface area contributed by atoms with Gasteiger partial charge in [-0.2, -0.15) is 0 Å². The Bertz CT molecular complexity index is 1110. The number of ether oxygens (including phenoxy) is 2. The van der Waals surface area contributed by atoms with Gasteiger partial charge in [-0.15, -0.1) is 10.5 Å². The van der Waals surface area contributed by atoms with Crippen LogP contribution in [0, 0.1) is 23.0 Å². The van der Waals surface area contributed by atoms with Gasteiger partial charge in [-0.1, -0.05) is 72.8 Å². The highest BCUT2D eigenvalue weighted by molar-refractivity contribution is 5.73. The third-order valence-corrected chi connectivity index (χ3v) is 4.81. The molecular weight excluding hydrogens is 372 g/mol. The van der Waals surface area contributed by atoms with Gasteiger partial charge in [0, 0.05) is 0 Å². The molecule has 4 heteroatoms. The largest absolute Gasteiger partial charge is 0.388 e. The molecule has 0 N–H and O–H groups in total. The Balaban J connectivity index is 1.50. The van der Waals surface area contributed by atoms with E-state index in [1.54, 1.807) is 36.8 Å². The second kappa shape index (κ2) is 8.65. The average Bonchev–Trinajstić information content (AvgIpc) is 2.81. The molecule has 0 saturated heterocycles. The van der Waals surface area contributed by atoms with Crippen LogP contribution in [0.5, 0.6) is 11.5 Å². The fourth-order valence-electron chi connectivity index (χ4n) is 3.25. The van der Waals surface area contributed by atoms with Crippen LogP contribution in [0.25, 0.3) is 33.4 Å². The molecule has 0 saturated carbocycles. The van der Waals surface area contributed by atoms with Gasteiger partial charge in [-0.05, 0) is 57.6 Å². The molecule has 0 unspecified atom stereocenters. The molecule has 0 amide bonds. The minimum atomic E-state index is 0.533. The van der Waals surface area contributed by atoms with E-state index in [0.29, 0.717) is 11.5 Å². The molecule has 4 nitrogen and oxygen atoms in total. The van der Waals surface area contributed by atoms with E-state index in [1.165, 1.54) is 0 Å². The summed E-state index contributed by atoms with van der Waals surface area (Å²) in [5.74, 6) is 1.07. The minimum absolute atomic E-state index is 0.533. The lowest BCUT2D eigenvalue weighted by Crippen LogP contribution is -1.84. The van der Waals surface area contributed by atoms with Gasteiger partial charge in [0.25, 0.3) is 12.5 Å². The first kappa shape index (κ1) is 18.8. The second-order valence-corrected chi connectivity index (χ2v) is 6.59. The molecule has 0 radical (unpaired) electrons. The zero-order valence-electron chi connectivity index (χ0n) is 15.9. The van der Waals surface area contributed by atoms with Crippen molar-refractivity contribution in [2.45, 2.75) is 0 Å². The van der Waals surface area contributed by atoms with Gasteiger partial charge >= 0.3 is 0 Å². The molecule has 4 rings (SSSR count). The lowest BCUT2D eigenvalue weighted by molar-refractivity contribution is 0.507. The molecule has 30 heavy (non-hydrogen) atoms. The zero-order chi connectivity index (χ0) is 20.8. The molecule has 0 spiro atoms. The summed E-state index contributed by atoms with van der Waals surface area (Å²) < 4.78 is 9.64. The third kappa shape index (κ3) is 4.14. The van der Waals surface area contributed by atoms with Crippen molar-refractivity contribution in [3.05, 3.63) is 97.1 Å². The van der Waals surface area contributed by atoms with E-state index < -0.39 is 0 Å². The van der Waals surface area contributed by atoms with E-state index in [2.05, 4.69) is 48.5 Å². The second-order valence-electron chi connectivity index (χ2n) is 6.59. The summed E-state index contributed by atoms with van der Waals surface area (Å²) in [4.78, 5) is 0. The Hall–Kier alpha value is -4.54. The zero-order valence-corrected chi connectivity index (χ0v) is 15.9. The standard InChI is InChI=1S/C26H16N2O2/c27-17-29-25-13-9-23(10-14-25)21-5-1-19(2-6-21)20-3-7-22(8-4-20)24-11-15-26(16-12-24)30-18-28/h1-16H. The number of nitriles is 2. The Morgan fingerprint density at radius 3 is 0.767 bits per heavy atom. The summed E-state index contributed by atoms with van der Waals surface area (Å²) in [5, 5.41) is 17.1. The van der Waals surface area contributed by atoms with Crippen LogP contribution in [0.3, 0.4) is 0 Å². The van der Waals surface area contributed by atoms with Crippen molar-refractivity contribution < 1.29 is 9.47 Å². The SMILES string of the molecule is N#COc1ccc(-c2ccc(-c3ccc(-c4ccc(OC#N)cc4)cc3)cc2)cc1. The first-order valence-corrected chi connectivity index (χ1v) is 9.30. The lowest BCUT2D eigenvalue weighted by Gasteiger charge is -2.07. The topological polar surface area (TPSA) is 66.0 Å². The van der Waals surface area contributed by atoms with Gasteiger partial charge in [0.15, 0.2) is 0 Å². The van der Waals surface area contributed by atoms with Gasteiger partial charge < -0.3 is 9.47 Å². The van der Waals surface area contributed by atoms with Crippen molar-refractivity contribution >= 4 is 0 Å². The third-order valence-electron chi connectivity index (χ3n) is 4.81. The summed E-state index contributed by atoms with van der Waals surface area (Å²) in [7, 11) is 0. The number of nitrogens with zero attached hydrogens (tertiary/aromatic N) is 2. The minimum Gasteiger partial charge on any atom is -0.388 e. The monoisotopic (exact) mass is 388 g/mol. The molecule has 0 bridgehead atoms. The van der Waals surface area contributed by atoms with Crippen LogP contribution in [0.2, 0.25) is 0 Å². The van der Waals surface area contributed by atoms with Crippen molar-refractivity contribution in [3.8, 4) is 57.4 Å². The van der Waals surface area contributed by atoms with Crippen LogP contribution in [0.1, 0.15) is 0 Å².